The molecule has 92 valence electrons. The summed E-state index contributed by atoms with van der Waals surface area (Å²) in [5.74, 6) is 0.00625. The van der Waals surface area contributed by atoms with Crippen LogP contribution in [0.1, 0.15) is 11.1 Å². The van der Waals surface area contributed by atoms with Gasteiger partial charge in [0, 0.05) is 12.2 Å². The number of anilines is 1. The van der Waals surface area contributed by atoms with Crippen LogP contribution < -0.4 is 5.32 Å². The molecule has 1 amide bonds. The van der Waals surface area contributed by atoms with Crippen LogP contribution in [0.25, 0.3) is 0 Å². The van der Waals surface area contributed by atoms with Crippen LogP contribution in [0.4, 0.5) is 5.69 Å². The number of amides is 1. The van der Waals surface area contributed by atoms with Gasteiger partial charge in [-0.25, -0.2) is 0 Å². The second-order valence-corrected chi connectivity index (χ2v) is 4.30. The lowest BCUT2D eigenvalue weighted by Crippen LogP contribution is -2.30. The van der Waals surface area contributed by atoms with Crippen molar-refractivity contribution in [3.63, 3.8) is 0 Å². The summed E-state index contributed by atoms with van der Waals surface area (Å²) in [6.45, 7) is 8.72. The van der Waals surface area contributed by atoms with Crippen LogP contribution in [0.3, 0.4) is 0 Å². The third kappa shape index (κ3) is 4.04. The first-order valence-electron chi connectivity index (χ1n) is 5.70. The van der Waals surface area contributed by atoms with Gasteiger partial charge in [-0.1, -0.05) is 24.3 Å². The molecule has 0 aromatic heterocycles. The van der Waals surface area contributed by atoms with Gasteiger partial charge in [-0.05, 0) is 32.0 Å². The van der Waals surface area contributed by atoms with Gasteiger partial charge in [0.1, 0.15) is 0 Å². The molecule has 0 radical (unpaired) electrons. The molecule has 3 heteroatoms. The molecule has 0 aliphatic heterocycles. The highest BCUT2D eigenvalue weighted by molar-refractivity contribution is 5.93. The summed E-state index contributed by atoms with van der Waals surface area (Å²) in [6.07, 6.45) is 1.78. The van der Waals surface area contributed by atoms with Gasteiger partial charge in [0.25, 0.3) is 0 Å². The molecule has 0 spiro atoms. The Bertz CT molecular complexity index is 392. The Labute approximate surface area is 103 Å². The van der Waals surface area contributed by atoms with Crippen molar-refractivity contribution in [2.45, 2.75) is 13.8 Å². The molecule has 1 rings (SSSR count). The quantitative estimate of drug-likeness (QED) is 0.790. The Morgan fingerprint density at radius 1 is 1.41 bits per heavy atom. The number of nitrogens with one attached hydrogen (secondary N) is 1. The zero-order chi connectivity index (χ0) is 12.8. The van der Waals surface area contributed by atoms with Crippen molar-refractivity contribution >= 4 is 11.6 Å². The lowest BCUT2D eigenvalue weighted by atomic mass is 10.1. The average Bonchev–Trinajstić information content (AvgIpc) is 2.24. The second kappa shape index (κ2) is 6.21. The summed E-state index contributed by atoms with van der Waals surface area (Å²) in [7, 11) is 1.89. The number of para-hydroxylation sites is 1. The van der Waals surface area contributed by atoms with Crippen molar-refractivity contribution in [3.8, 4) is 0 Å². The van der Waals surface area contributed by atoms with Crippen LogP contribution in [-0.4, -0.2) is 30.9 Å². The molecule has 0 unspecified atom stereocenters. The number of benzene rings is 1. The van der Waals surface area contributed by atoms with E-state index in [-0.39, 0.29) is 5.91 Å². The Kier molecular flexibility index (Phi) is 4.91. The highest BCUT2D eigenvalue weighted by atomic mass is 16.2. The van der Waals surface area contributed by atoms with Crippen molar-refractivity contribution in [1.82, 2.24) is 4.90 Å². The maximum atomic E-state index is 11.8. The summed E-state index contributed by atoms with van der Waals surface area (Å²) >= 11 is 0. The number of rotatable bonds is 5. The monoisotopic (exact) mass is 232 g/mol. The molecule has 0 aliphatic carbocycles. The molecule has 17 heavy (non-hydrogen) atoms. The molecule has 0 atom stereocenters. The predicted octanol–water partition coefficient (Wildman–Crippen LogP) is 2.36. The van der Waals surface area contributed by atoms with E-state index in [2.05, 4.69) is 11.9 Å². The molecular formula is C14H20N2O. The fourth-order valence-electron chi connectivity index (χ4n) is 1.72. The molecule has 0 fully saturated rings. The molecule has 0 saturated heterocycles. The Morgan fingerprint density at radius 2 is 2.00 bits per heavy atom. The lowest BCUT2D eigenvalue weighted by molar-refractivity contribution is -0.116. The molecule has 1 aromatic carbocycles. The third-order valence-electron chi connectivity index (χ3n) is 2.60. The summed E-state index contributed by atoms with van der Waals surface area (Å²) in [5, 5.41) is 2.95. The maximum Gasteiger partial charge on any atom is 0.238 e. The second-order valence-electron chi connectivity index (χ2n) is 4.30. The van der Waals surface area contributed by atoms with Gasteiger partial charge >= 0.3 is 0 Å². The number of hydrogen-bond acceptors (Lipinski definition) is 2. The van der Waals surface area contributed by atoms with E-state index in [4.69, 9.17) is 0 Å². The Morgan fingerprint density at radius 3 is 2.53 bits per heavy atom. The Hall–Kier alpha value is -1.61. The van der Waals surface area contributed by atoms with Gasteiger partial charge < -0.3 is 5.32 Å². The first-order valence-corrected chi connectivity index (χ1v) is 5.70. The SMILES string of the molecule is C=CCN(C)CC(=O)Nc1c(C)cccc1C. The highest BCUT2D eigenvalue weighted by Crippen LogP contribution is 2.19. The maximum absolute atomic E-state index is 11.8. The standard InChI is InChI=1S/C14H20N2O/c1-5-9-16(4)10-13(17)15-14-11(2)7-6-8-12(14)3/h5-8H,1,9-10H2,2-4H3,(H,15,17). The van der Waals surface area contributed by atoms with Gasteiger partial charge in [0.05, 0.1) is 6.54 Å². The molecular weight excluding hydrogens is 212 g/mol. The minimum absolute atomic E-state index is 0.00625. The van der Waals surface area contributed by atoms with Crippen molar-refractivity contribution in [2.24, 2.45) is 0 Å². The van der Waals surface area contributed by atoms with Gasteiger partial charge in [0.15, 0.2) is 0 Å². The predicted molar refractivity (Wildman–Crippen MR) is 72.2 cm³/mol. The van der Waals surface area contributed by atoms with E-state index in [1.54, 1.807) is 6.08 Å². The molecule has 3 nitrogen and oxygen atoms in total. The first-order chi connectivity index (χ1) is 8.04. The fraction of sp³-hybridized carbons (Fsp3) is 0.357. The van der Waals surface area contributed by atoms with Crippen LogP contribution >= 0.6 is 0 Å². The van der Waals surface area contributed by atoms with Gasteiger partial charge in [-0.3, -0.25) is 9.69 Å². The smallest absolute Gasteiger partial charge is 0.238 e. The summed E-state index contributed by atoms with van der Waals surface area (Å²) < 4.78 is 0. The van der Waals surface area contributed by atoms with E-state index < -0.39 is 0 Å². The van der Waals surface area contributed by atoms with E-state index in [0.29, 0.717) is 13.1 Å². The van der Waals surface area contributed by atoms with Crippen molar-refractivity contribution in [2.75, 3.05) is 25.5 Å². The lowest BCUT2D eigenvalue weighted by Gasteiger charge is -2.16. The zero-order valence-corrected chi connectivity index (χ0v) is 10.8. The number of nitrogens with zero attached hydrogens (tertiary/aromatic N) is 1. The number of carbonyl (C=O) groups is 1. The molecule has 0 aliphatic rings. The Balaban J connectivity index is 2.65. The summed E-state index contributed by atoms with van der Waals surface area (Å²) in [4.78, 5) is 13.7. The zero-order valence-electron chi connectivity index (χ0n) is 10.8. The van der Waals surface area contributed by atoms with E-state index in [1.165, 1.54) is 0 Å². The van der Waals surface area contributed by atoms with Crippen LogP contribution in [0, 0.1) is 13.8 Å². The molecule has 0 saturated carbocycles. The topological polar surface area (TPSA) is 32.3 Å². The number of aryl methyl sites for hydroxylation is 2. The van der Waals surface area contributed by atoms with Crippen molar-refractivity contribution in [1.29, 1.82) is 0 Å². The molecule has 0 bridgehead atoms. The van der Waals surface area contributed by atoms with Crippen LogP contribution in [-0.2, 0) is 4.79 Å². The van der Waals surface area contributed by atoms with Crippen LogP contribution in [0.15, 0.2) is 30.9 Å². The van der Waals surface area contributed by atoms with E-state index in [9.17, 15) is 4.79 Å². The summed E-state index contributed by atoms with van der Waals surface area (Å²) in [6, 6.07) is 5.98. The molecule has 1 aromatic rings. The van der Waals surface area contributed by atoms with Crippen molar-refractivity contribution in [3.05, 3.63) is 42.0 Å². The number of carbonyl (C=O) groups excluding carboxylic acids is 1. The molecule has 1 N–H and O–H groups in total. The van der Waals surface area contributed by atoms with Gasteiger partial charge in [0.2, 0.25) is 5.91 Å². The minimum Gasteiger partial charge on any atom is -0.324 e. The van der Waals surface area contributed by atoms with Crippen LogP contribution in [0.2, 0.25) is 0 Å². The first kappa shape index (κ1) is 13.5. The van der Waals surface area contributed by atoms with E-state index in [0.717, 1.165) is 16.8 Å². The van der Waals surface area contributed by atoms with Gasteiger partial charge in [-0.2, -0.15) is 0 Å². The van der Waals surface area contributed by atoms with Gasteiger partial charge in [-0.15, -0.1) is 6.58 Å². The van der Waals surface area contributed by atoms with E-state index >= 15 is 0 Å². The normalized spacial score (nSPS) is 10.4. The number of likely N-dealkylation sites (N-methyl/N-ethyl adjacent to an activating group) is 1. The fourth-order valence-corrected chi connectivity index (χ4v) is 1.72. The third-order valence-corrected chi connectivity index (χ3v) is 2.60. The summed E-state index contributed by atoms with van der Waals surface area (Å²) in [5.41, 5.74) is 3.10. The highest BCUT2D eigenvalue weighted by Gasteiger charge is 2.08. The molecule has 0 heterocycles. The minimum atomic E-state index is 0.00625. The van der Waals surface area contributed by atoms with E-state index in [1.807, 2.05) is 44.0 Å². The largest absolute Gasteiger partial charge is 0.324 e. The average molecular weight is 232 g/mol. The van der Waals surface area contributed by atoms with Crippen molar-refractivity contribution < 1.29 is 4.79 Å². The van der Waals surface area contributed by atoms with Crippen LogP contribution in [0.5, 0.6) is 0 Å². The number of hydrogen-bond donors (Lipinski definition) is 1.